The van der Waals surface area contributed by atoms with E-state index in [4.69, 9.17) is 0 Å². The molecule has 0 N–H and O–H groups in total. The minimum atomic E-state index is -3.92. The van der Waals surface area contributed by atoms with E-state index < -0.39 is 10.0 Å². The number of anilines is 1. The second-order valence-corrected chi connectivity index (χ2v) is 10.4. The Hall–Kier alpha value is -2.64. The highest BCUT2D eigenvalue weighted by Crippen LogP contribution is 2.27. The van der Waals surface area contributed by atoms with E-state index in [2.05, 4.69) is 22.0 Å². The van der Waals surface area contributed by atoms with E-state index >= 15 is 0 Å². The number of carbonyl (C=O) groups excluding carboxylic acids is 1. The zero-order chi connectivity index (χ0) is 22.0. The Balaban J connectivity index is 1.65. The van der Waals surface area contributed by atoms with Crippen molar-refractivity contribution in [3.05, 3.63) is 94.0 Å². The van der Waals surface area contributed by atoms with Crippen molar-refractivity contribution in [2.45, 2.75) is 24.8 Å². The summed E-state index contributed by atoms with van der Waals surface area (Å²) in [5, 5.41) is 0. The number of fused-ring (bicyclic) bond motifs is 1. The monoisotopic (exact) mass is 498 g/mol. The van der Waals surface area contributed by atoms with Crippen LogP contribution < -0.4 is 4.31 Å². The molecule has 0 radical (unpaired) electrons. The van der Waals surface area contributed by atoms with Gasteiger partial charge in [0, 0.05) is 17.6 Å². The second-order valence-electron chi connectivity index (χ2n) is 7.64. The van der Waals surface area contributed by atoms with Gasteiger partial charge in [-0.1, -0.05) is 64.0 Å². The minimum Gasteiger partial charge on any atom is -0.336 e. The fourth-order valence-electron chi connectivity index (χ4n) is 3.72. The minimum absolute atomic E-state index is 0.162. The number of hydrogen-bond donors (Lipinski definition) is 0. The fraction of sp³-hybridized carbons (Fsp3) is 0.208. The quantitative estimate of drug-likeness (QED) is 0.518. The van der Waals surface area contributed by atoms with Gasteiger partial charge in [0.2, 0.25) is 5.91 Å². The van der Waals surface area contributed by atoms with Crippen LogP contribution in [0.3, 0.4) is 0 Å². The molecule has 0 unspecified atom stereocenters. The van der Waals surface area contributed by atoms with Gasteiger partial charge in [-0.15, -0.1) is 0 Å². The molecule has 7 heteroatoms. The first-order valence-electron chi connectivity index (χ1n) is 10.0. The summed E-state index contributed by atoms with van der Waals surface area (Å²) in [6.45, 7) is 2.72. The molecule has 0 fully saturated rings. The molecule has 1 heterocycles. The zero-order valence-corrected chi connectivity index (χ0v) is 19.6. The van der Waals surface area contributed by atoms with Crippen LogP contribution >= 0.6 is 15.9 Å². The highest BCUT2D eigenvalue weighted by Gasteiger charge is 2.30. The van der Waals surface area contributed by atoms with Gasteiger partial charge in [-0.2, -0.15) is 0 Å². The van der Waals surface area contributed by atoms with Crippen LogP contribution in [0.4, 0.5) is 5.69 Å². The lowest BCUT2D eigenvalue weighted by atomic mass is 10.00. The predicted octanol–water partition coefficient (Wildman–Crippen LogP) is 4.54. The highest BCUT2D eigenvalue weighted by atomic mass is 79.9. The molecule has 3 aromatic rings. The molecule has 3 aromatic carbocycles. The number of nitrogens with zero attached hydrogens (tertiary/aromatic N) is 2. The van der Waals surface area contributed by atoms with Crippen molar-refractivity contribution >= 4 is 37.5 Å². The lowest BCUT2D eigenvalue weighted by Gasteiger charge is -2.32. The molecular formula is C24H23BrN2O3S. The van der Waals surface area contributed by atoms with Crippen molar-refractivity contribution in [3.63, 3.8) is 0 Å². The molecule has 4 rings (SSSR count). The topological polar surface area (TPSA) is 57.7 Å². The predicted molar refractivity (Wildman–Crippen MR) is 125 cm³/mol. The number of amides is 1. The number of sulfonamides is 1. The van der Waals surface area contributed by atoms with Crippen LogP contribution in [0.5, 0.6) is 0 Å². The van der Waals surface area contributed by atoms with Crippen LogP contribution in [-0.2, 0) is 27.8 Å². The normalized spacial score (nSPS) is 13.5. The van der Waals surface area contributed by atoms with E-state index in [1.807, 2.05) is 31.2 Å². The van der Waals surface area contributed by atoms with Crippen LogP contribution in [0, 0.1) is 6.92 Å². The Bertz CT molecular complexity index is 1210. The molecule has 1 aliphatic heterocycles. The van der Waals surface area contributed by atoms with Crippen molar-refractivity contribution in [3.8, 4) is 0 Å². The summed E-state index contributed by atoms with van der Waals surface area (Å²) < 4.78 is 29.0. The molecule has 0 spiro atoms. The maximum Gasteiger partial charge on any atom is 0.264 e. The molecule has 0 saturated carbocycles. The summed E-state index contributed by atoms with van der Waals surface area (Å²) in [5.74, 6) is -0.217. The largest absolute Gasteiger partial charge is 0.336 e. The third kappa shape index (κ3) is 4.67. The van der Waals surface area contributed by atoms with Gasteiger partial charge in [-0.05, 0) is 54.8 Å². The maximum atomic E-state index is 13.5. The van der Waals surface area contributed by atoms with E-state index in [1.165, 1.54) is 9.87 Å². The van der Waals surface area contributed by atoms with Crippen molar-refractivity contribution in [1.29, 1.82) is 0 Å². The van der Waals surface area contributed by atoms with Crippen molar-refractivity contribution in [2.75, 3.05) is 17.4 Å². The van der Waals surface area contributed by atoms with Crippen LogP contribution in [0.25, 0.3) is 0 Å². The standard InChI is InChI=1S/C24H23BrN2O3S/c1-18-9-11-23(12-10-18)31(29,30)27(22-8-4-7-21(25)15-22)17-24(28)26-14-13-19-5-2-3-6-20(19)16-26/h2-12,15H,13-14,16-17H2,1H3. The van der Waals surface area contributed by atoms with E-state index in [9.17, 15) is 13.2 Å². The Labute approximate surface area is 191 Å². The van der Waals surface area contributed by atoms with Gasteiger partial charge in [-0.25, -0.2) is 8.42 Å². The number of rotatable bonds is 5. The van der Waals surface area contributed by atoms with Crippen molar-refractivity contribution in [1.82, 2.24) is 4.90 Å². The van der Waals surface area contributed by atoms with Gasteiger partial charge >= 0.3 is 0 Å². The molecule has 0 aliphatic carbocycles. The number of carbonyl (C=O) groups is 1. The molecule has 0 saturated heterocycles. The summed E-state index contributed by atoms with van der Waals surface area (Å²) >= 11 is 3.41. The van der Waals surface area contributed by atoms with Crippen LogP contribution in [0.1, 0.15) is 16.7 Å². The average Bonchev–Trinajstić information content (AvgIpc) is 2.77. The number of benzene rings is 3. The van der Waals surface area contributed by atoms with Gasteiger partial charge in [0.05, 0.1) is 10.6 Å². The molecule has 0 bridgehead atoms. The number of hydrogen-bond acceptors (Lipinski definition) is 3. The molecule has 1 amide bonds. The van der Waals surface area contributed by atoms with Gasteiger partial charge in [0.15, 0.2) is 0 Å². The van der Waals surface area contributed by atoms with E-state index in [1.54, 1.807) is 47.4 Å². The summed E-state index contributed by atoms with van der Waals surface area (Å²) in [4.78, 5) is 15.1. The number of aryl methyl sites for hydroxylation is 1. The Morgan fingerprint density at radius 2 is 1.71 bits per heavy atom. The molecule has 5 nitrogen and oxygen atoms in total. The zero-order valence-electron chi connectivity index (χ0n) is 17.2. The van der Waals surface area contributed by atoms with Gasteiger partial charge < -0.3 is 4.90 Å². The smallest absolute Gasteiger partial charge is 0.264 e. The van der Waals surface area contributed by atoms with Crippen LogP contribution in [-0.4, -0.2) is 32.3 Å². The first kappa shape index (κ1) is 21.6. The van der Waals surface area contributed by atoms with Crippen molar-refractivity contribution < 1.29 is 13.2 Å². The highest BCUT2D eigenvalue weighted by molar-refractivity contribution is 9.10. The average molecular weight is 499 g/mol. The molecule has 1 aliphatic rings. The first-order valence-corrected chi connectivity index (χ1v) is 12.3. The second kappa shape index (κ2) is 8.85. The molecule has 0 aromatic heterocycles. The summed E-state index contributed by atoms with van der Waals surface area (Å²) in [5.41, 5.74) is 3.76. The van der Waals surface area contributed by atoms with Gasteiger partial charge in [0.1, 0.15) is 6.54 Å². The Morgan fingerprint density at radius 1 is 1.00 bits per heavy atom. The van der Waals surface area contributed by atoms with E-state index in [0.29, 0.717) is 18.8 Å². The molecule has 160 valence electrons. The summed E-state index contributed by atoms with van der Waals surface area (Å²) in [6.07, 6.45) is 0.767. The van der Waals surface area contributed by atoms with Gasteiger partial charge in [-0.3, -0.25) is 9.10 Å². The van der Waals surface area contributed by atoms with E-state index in [0.717, 1.165) is 22.0 Å². The lowest BCUT2D eigenvalue weighted by Crippen LogP contribution is -2.44. The Morgan fingerprint density at radius 3 is 2.42 bits per heavy atom. The first-order chi connectivity index (χ1) is 14.8. The third-order valence-electron chi connectivity index (χ3n) is 5.47. The van der Waals surface area contributed by atoms with Crippen LogP contribution in [0.2, 0.25) is 0 Å². The summed E-state index contributed by atoms with van der Waals surface area (Å²) in [6, 6.07) is 21.7. The number of halogens is 1. The summed E-state index contributed by atoms with van der Waals surface area (Å²) in [7, 11) is -3.92. The third-order valence-corrected chi connectivity index (χ3v) is 7.75. The SMILES string of the molecule is Cc1ccc(S(=O)(=O)N(CC(=O)N2CCc3ccccc3C2)c2cccc(Br)c2)cc1. The van der Waals surface area contributed by atoms with Gasteiger partial charge in [0.25, 0.3) is 10.0 Å². The fourth-order valence-corrected chi connectivity index (χ4v) is 5.51. The Kier molecular flexibility index (Phi) is 6.16. The maximum absolute atomic E-state index is 13.5. The molecular weight excluding hydrogens is 476 g/mol. The van der Waals surface area contributed by atoms with Crippen molar-refractivity contribution in [2.24, 2.45) is 0 Å². The molecule has 0 atom stereocenters. The lowest BCUT2D eigenvalue weighted by molar-refractivity contribution is -0.130. The van der Waals surface area contributed by atoms with Crippen LogP contribution in [0.15, 0.2) is 82.2 Å². The molecule has 31 heavy (non-hydrogen) atoms. The van der Waals surface area contributed by atoms with E-state index in [-0.39, 0.29) is 17.3 Å².